The molecule has 1 aromatic heterocycles. The van der Waals surface area contributed by atoms with Crippen molar-refractivity contribution in [2.75, 3.05) is 13.1 Å². The Balaban J connectivity index is 1.76. The minimum Gasteiger partial charge on any atom is -0.476 e. The molecule has 1 saturated heterocycles. The lowest BCUT2D eigenvalue weighted by Crippen LogP contribution is -2.29. The van der Waals surface area contributed by atoms with Gasteiger partial charge in [-0.1, -0.05) is 29.8 Å². The van der Waals surface area contributed by atoms with Gasteiger partial charge in [0.2, 0.25) is 0 Å². The molecule has 0 amide bonds. The molecule has 21 heavy (non-hydrogen) atoms. The first-order chi connectivity index (χ1) is 10.2. The SMILES string of the molecule is O=C(O)c1cc(-c2cccc(CN3CCCCC3)c2)on1. The second-order valence-corrected chi connectivity index (χ2v) is 5.42. The molecule has 0 unspecified atom stereocenters. The van der Waals surface area contributed by atoms with E-state index in [0.717, 1.165) is 25.2 Å². The molecule has 0 bridgehead atoms. The lowest BCUT2D eigenvalue weighted by atomic mass is 10.1. The lowest BCUT2D eigenvalue weighted by Gasteiger charge is -2.26. The van der Waals surface area contributed by atoms with Crippen LogP contribution in [0.15, 0.2) is 34.9 Å². The third kappa shape index (κ3) is 3.31. The highest BCUT2D eigenvalue weighted by Gasteiger charge is 2.14. The summed E-state index contributed by atoms with van der Waals surface area (Å²) in [4.78, 5) is 13.3. The largest absolute Gasteiger partial charge is 0.476 e. The van der Waals surface area contributed by atoms with Crippen LogP contribution in [-0.4, -0.2) is 34.2 Å². The van der Waals surface area contributed by atoms with Crippen LogP contribution in [0.2, 0.25) is 0 Å². The van der Waals surface area contributed by atoms with Gasteiger partial charge < -0.3 is 9.63 Å². The highest BCUT2D eigenvalue weighted by molar-refractivity contribution is 5.86. The van der Waals surface area contributed by atoms with Gasteiger partial charge in [0.15, 0.2) is 11.5 Å². The summed E-state index contributed by atoms with van der Waals surface area (Å²) in [7, 11) is 0. The minimum atomic E-state index is -1.07. The Hall–Kier alpha value is -2.14. The number of hydrogen-bond donors (Lipinski definition) is 1. The maximum Gasteiger partial charge on any atom is 0.358 e. The van der Waals surface area contributed by atoms with Crippen molar-refractivity contribution in [1.82, 2.24) is 10.1 Å². The van der Waals surface area contributed by atoms with Crippen LogP contribution in [0, 0.1) is 0 Å². The summed E-state index contributed by atoms with van der Waals surface area (Å²) in [5.41, 5.74) is 2.01. The number of aromatic carboxylic acids is 1. The molecule has 1 fully saturated rings. The fourth-order valence-electron chi connectivity index (χ4n) is 2.71. The van der Waals surface area contributed by atoms with E-state index in [1.165, 1.54) is 30.9 Å². The quantitative estimate of drug-likeness (QED) is 0.935. The van der Waals surface area contributed by atoms with Crippen LogP contribution >= 0.6 is 0 Å². The molecule has 110 valence electrons. The number of piperidine rings is 1. The number of nitrogens with zero attached hydrogens (tertiary/aromatic N) is 2. The van der Waals surface area contributed by atoms with Crippen molar-refractivity contribution in [3.05, 3.63) is 41.6 Å². The Kier molecular flexibility index (Phi) is 4.01. The molecule has 1 aliphatic heterocycles. The molecule has 2 heterocycles. The van der Waals surface area contributed by atoms with E-state index in [2.05, 4.69) is 16.1 Å². The van der Waals surface area contributed by atoms with E-state index in [4.69, 9.17) is 9.63 Å². The predicted molar refractivity (Wildman–Crippen MR) is 78.0 cm³/mol. The van der Waals surface area contributed by atoms with Crippen molar-refractivity contribution in [2.45, 2.75) is 25.8 Å². The zero-order chi connectivity index (χ0) is 14.7. The first-order valence-corrected chi connectivity index (χ1v) is 7.24. The van der Waals surface area contributed by atoms with Gasteiger partial charge in [-0.15, -0.1) is 0 Å². The molecule has 3 rings (SSSR count). The first kappa shape index (κ1) is 13.8. The summed E-state index contributed by atoms with van der Waals surface area (Å²) in [6, 6.07) is 9.47. The van der Waals surface area contributed by atoms with Gasteiger partial charge in [0, 0.05) is 18.2 Å². The average molecular weight is 286 g/mol. The highest BCUT2D eigenvalue weighted by atomic mass is 16.5. The second-order valence-electron chi connectivity index (χ2n) is 5.42. The molecular formula is C16H18N2O3. The summed E-state index contributed by atoms with van der Waals surface area (Å²) in [6.07, 6.45) is 3.86. The molecule has 1 N–H and O–H groups in total. The summed E-state index contributed by atoms with van der Waals surface area (Å²) < 4.78 is 5.11. The molecule has 5 heteroatoms. The van der Waals surface area contributed by atoms with Crippen LogP contribution in [0.3, 0.4) is 0 Å². The van der Waals surface area contributed by atoms with E-state index < -0.39 is 5.97 Å². The van der Waals surface area contributed by atoms with E-state index >= 15 is 0 Å². The fraction of sp³-hybridized carbons (Fsp3) is 0.375. The molecule has 1 aromatic carbocycles. The normalized spacial score (nSPS) is 16.0. The molecule has 0 radical (unpaired) electrons. The number of benzene rings is 1. The van der Waals surface area contributed by atoms with Crippen molar-refractivity contribution < 1.29 is 14.4 Å². The van der Waals surface area contributed by atoms with Crippen molar-refractivity contribution in [3.63, 3.8) is 0 Å². The van der Waals surface area contributed by atoms with Gasteiger partial charge in [-0.2, -0.15) is 0 Å². The summed E-state index contributed by atoms with van der Waals surface area (Å²) in [5, 5.41) is 12.4. The predicted octanol–water partition coefficient (Wildman–Crippen LogP) is 3.03. The van der Waals surface area contributed by atoms with E-state index in [0.29, 0.717) is 5.76 Å². The number of carbonyl (C=O) groups is 1. The monoisotopic (exact) mass is 286 g/mol. The number of hydrogen-bond acceptors (Lipinski definition) is 4. The maximum atomic E-state index is 10.8. The van der Waals surface area contributed by atoms with Crippen molar-refractivity contribution in [2.24, 2.45) is 0 Å². The molecule has 5 nitrogen and oxygen atoms in total. The van der Waals surface area contributed by atoms with Gasteiger partial charge in [-0.25, -0.2) is 4.79 Å². The Labute approximate surface area is 123 Å². The molecule has 0 aliphatic carbocycles. The van der Waals surface area contributed by atoms with Crippen LogP contribution < -0.4 is 0 Å². The summed E-state index contributed by atoms with van der Waals surface area (Å²) in [6.45, 7) is 3.22. The van der Waals surface area contributed by atoms with Gasteiger partial charge in [0.1, 0.15) is 0 Å². The summed E-state index contributed by atoms with van der Waals surface area (Å²) >= 11 is 0. The highest BCUT2D eigenvalue weighted by Crippen LogP contribution is 2.22. The molecule has 0 saturated carbocycles. The topological polar surface area (TPSA) is 66.6 Å². The molecule has 0 spiro atoms. The number of carboxylic acids is 1. The Morgan fingerprint density at radius 2 is 2.05 bits per heavy atom. The van der Waals surface area contributed by atoms with Gasteiger partial charge >= 0.3 is 5.97 Å². The van der Waals surface area contributed by atoms with E-state index in [9.17, 15) is 4.79 Å². The van der Waals surface area contributed by atoms with Crippen molar-refractivity contribution in [3.8, 4) is 11.3 Å². The Morgan fingerprint density at radius 1 is 1.24 bits per heavy atom. The third-order valence-electron chi connectivity index (χ3n) is 3.80. The Bertz CT molecular complexity index is 630. The van der Waals surface area contributed by atoms with E-state index in [1.807, 2.05) is 18.2 Å². The third-order valence-corrected chi connectivity index (χ3v) is 3.80. The number of likely N-dealkylation sites (tertiary alicyclic amines) is 1. The van der Waals surface area contributed by atoms with Crippen LogP contribution in [0.1, 0.15) is 35.3 Å². The molecule has 0 atom stereocenters. The van der Waals surface area contributed by atoms with Crippen LogP contribution in [0.5, 0.6) is 0 Å². The standard InChI is InChI=1S/C16H18N2O3/c19-16(20)14-10-15(21-17-14)13-6-4-5-12(9-13)11-18-7-2-1-3-8-18/h4-6,9-10H,1-3,7-8,11H2,(H,19,20). The summed E-state index contributed by atoms with van der Waals surface area (Å²) in [5.74, 6) is -0.581. The second kappa shape index (κ2) is 6.10. The Morgan fingerprint density at radius 3 is 2.76 bits per heavy atom. The zero-order valence-corrected chi connectivity index (χ0v) is 11.8. The fourth-order valence-corrected chi connectivity index (χ4v) is 2.71. The number of aromatic nitrogens is 1. The van der Waals surface area contributed by atoms with Crippen molar-refractivity contribution in [1.29, 1.82) is 0 Å². The zero-order valence-electron chi connectivity index (χ0n) is 11.8. The molecule has 2 aromatic rings. The van der Waals surface area contributed by atoms with E-state index in [-0.39, 0.29) is 5.69 Å². The molecule has 1 aliphatic rings. The van der Waals surface area contributed by atoms with Crippen LogP contribution in [0.4, 0.5) is 0 Å². The minimum absolute atomic E-state index is 0.0635. The van der Waals surface area contributed by atoms with Gasteiger partial charge in [-0.05, 0) is 37.6 Å². The first-order valence-electron chi connectivity index (χ1n) is 7.24. The number of carboxylic acid groups (broad SMARTS) is 1. The number of rotatable bonds is 4. The van der Waals surface area contributed by atoms with Crippen molar-refractivity contribution >= 4 is 5.97 Å². The van der Waals surface area contributed by atoms with E-state index in [1.54, 1.807) is 0 Å². The van der Waals surface area contributed by atoms with Crippen LogP contribution in [0.25, 0.3) is 11.3 Å². The van der Waals surface area contributed by atoms with Gasteiger partial charge in [0.05, 0.1) is 0 Å². The van der Waals surface area contributed by atoms with Gasteiger partial charge in [0.25, 0.3) is 0 Å². The average Bonchev–Trinajstić information content (AvgIpc) is 2.99. The van der Waals surface area contributed by atoms with Crippen LogP contribution in [-0.2, 0) is 6.54 Å². The molecular weight excluding hydrogens is 268 g/mol. The van der Waals surface area contributed by atoms with Gasteiger partial charge in [-0.3, -0.25) is 4.90 Å². The smallest absolute Gasteiger partial charge is 0.358 e. The lowest BCUT2D eigenvalue weighted by molar-refractivity contribution is 0.0686. The maximum absolute atomic E-state index is 10.8.